The second-order valence-corrected chi connectivity index (χ2v) is 19.7. The van der Waals surface area contributed by atoms with E-state index < -0.39 is 0 Å². The molecule has 0 unspecified atom stereocenters. The summed E-state index contributed by atoms with van der Waals surface area (Å²) in [7, 11) is 0. The van der Waals surface area contributed by atoms with Crippen LogP contribution in [0.4, 0.5) is 0 Å². The summed E-state index contributed by atoms with van der Waals surface area (Å²) < 4.78 is 11.3. The van der Waals surface area contributed by atoms with E-state index >= 15 is 0 Å². The van der Waals surface area contributed by atoms with E-state index in [-0.39, 0.29) is 5.41 Å². The minimum absolute atomic E-state index is 0.291. The first kappa shape index (κ1) is 43.2. The Morgan fingerprint density at radius 2 is 0.838 bits per heavy atom. The average Bonchev–Trinajstić information content (AvgIpc) is 4.06. The van der Waals surface area contributed by atoms with Crippen LogP contribution < -0.4 is 4.74 Å². The van der Waals surface area contributed by atoms with Gasteiger partial charge in [0.25, 0.3) is 0 Å². The molecule has 14 rings (SSSR count). The molecule has 1 aliphatic heterocycles. The predicted octanol–water partition coefficient (Wildman–Crippen LogP) is 17.9. The van der Waals surface area contributed by atoms with Crippen molar-refractivity contribution < 1.29 is 4.74 Å². The van der Waals surface area contributed by atoms with Gasteiger partial charge >= 0.3 is 0 Å². The normalized spacial score (nSPS) is 12.7. The lowest BCUT2D eigenvalue weighted by Gasteiger charge is -2.34. The molecule has 5 nitrogen and oxygen atoms in total. The Balaban J connectivity index is 1.08. The molecule has 5 heteroatoms. The molecule has 0 radical (unpaired) electrons. The molecule has 4 heterocycles. The predicted molar refractivity (Wildman–Crippen MR) is 304 cm³/mol. The van der Waals surface area contributed by atoms with Crippen molar-refractivity contribution in [3.63, 3.8) is 0 Å². The minimum Gasteiger partial charge on any atom is -0.438 e. The molecule has 0 N–H and O–H groups in total. The maximum Gasteiger partial charge on any atom is 0.223 e. The Morgan fingerprint density at radius 3 is 1.43 bits per heavy atom. The number of nitrogens with zero attached hydrogens (tertiary/aromatic N) is 4. The zero-order valence-electron chi connectivity index (χ0n) is 40.9. The first-order valence-electron chi connectivity index (χ1n) is 25.3. The maximum absolute atomic E-state index is 6.72. The molecule has 74 heavy (non-hydrogen) atoms. The highest BCUT2D eigenvalue weighted by Crippen LogP contribution is 2.57. The fourth-order valence-corrected chi connectivity index (χ4v) is 11.7. The highest BCUT2D eigenvalue weighted by molar-refractivity contribution is 6.15. The van der Waals surface area contributed by atoms with E-state index in [0.29, 0.717) is 5.88 Å². The maximum atomic E-state index is 6.72. The van der Waals surface area contributed by atoms with Crippen molar-refractivity contribution in [2.75, 3.05) is 0 Å². The molecular formula is C69H48N4O. The lowest BCUT2D eigenvalue weighted by atomic mass is 9.74. The number of hydrogen-bond donors (Lipinski definition) is 0. The molecule has 350 valence electrons. The van der Waals surface area contributed by atoms with Crippen molar-refractivity contribution >= 4 is 27.8 Å². The molecule has 3 aromatic heterocycles. The second kappa shape index (κ2) is 17.3. The summed E-state index contributed by atoms with van der Waals surface area (Å²) in [6, 6.07) is 89.8. The summed E-state index contributed by atoms with van der Waals surface area (Å²) >= 11 is 0. The van der Waals surface area contributed by atoms with Crippen LogP contribution in [-0.4, -0.2) is 18.9 Å². The smallest absolute Gasteiger partial charge is 0.223 e. The molecule has 0 saturated heterocycles. The first-order chi connectivity index (χ1) is 36.5. The molecule has 0 bridgehead atoms. The van der Waals surface area contributed by atoms with E-state index in [1.165, 1.54) is 0 Å². The van der Waals surface area contributed by atoms with Gasteiger partial charge in [-0.15, -0.1) is 0 Å². The van der Waals surface area contributed by atoms with Crippen LogP contribution in [0.1, 0.15) is 25.0 Å². The molecule has 0 spiro atoms. The summed E-state index contributed by atoms with van der Waals surface area (Å²) in [5.74, 6) is 2.38. The monoisotopic (exact) mass is 948 g/mol. The van der Waals surface area contributed by atoms with Crippen molar-refractivity contribution in [2.45, 2.75) is 19.3 Å². The van der Waals surface area contributed by atoms with Gasteiger partial charge in [0.15, 0.2) is 0 Å². The Morgan fingerprint density at radius 1 is 0.378 bits per heavy atom. The van der Waals surface area contributed by atoms with E-state index in [9.17, 15) is 0 Å². The number of hydrogen-bond acceptors (Lipinski definition) is 3. The number of benzene rings is 10. The minimum atomic E-state index is -0.291. The quantitative estimate of drug-likeness (QED) is 0.152. The van der Waals surface area contributed by atoms with Crippen molar-refractivity contribution in [3.8, 4) is 95.2 Å². The van der Waals surface area contributed by atoms with Crippen molar-refractivity contribution in [3.05, 3.63) is 266 Å². The molecule has 0 atom stereocenters. The van der Waals surface area contributed by atoms with Crippen LogP contribution in [0.5, 0.6) is 11.6 Å². The number of imidazole rings is 2. The van der Waals surface area contributed by atoms with E-state index in [0.717, 1.165) is 128 Å². The topological polar surface area (TPSA) is 44.4 Å². The SMILES string of the molecule is CC1(C)c2cccnc2Oc2c(-c3ccc(-c4c(-c5ccccc5)c(-c5ccccc5)c(-c5cccc(-n6c7ccccc7n7c8ccccc8nc67)c5)c(-c5ccccc5)c4-c4ccccc4)cc3)cccc21. The van der Waals surface area contributed by atoms with Gasteiger partial charge < -0.3 is 4.74 Å². The van der Waals surface area contributed by atoms with Gasteiger partial charge in [-0.2, -0.15) is 0 Å². The molecule has 0 amide bonds. The largest absolute Gasteiger partial charge is 0.438 e. The third-order valence-electron chi connectivity index (χ3n) is 15.1. The van der Waals surface area contributed by atoms with Gasteiger partial charge in [-0.05, 0) is 115 Å². The van der Waals surface area contributed by atoms with Gasteiger partial charge in [0.1, 0.15) is 5.75 Å². The van der Waals surface area contributed by atoms with E-state index in [1.54, 1.807) is 0 Å². The highest BCUT2D eigenvalue weighted by Gasteiger charge is 2.36. The van der Waals surface area contributed by atoms with Gasteiger partial charge in [0.2, 0.25) is 11.7 Å². The van der Waals surface area contributed by atoms with Crippen molar-refractivity contribution in [1.82, 2.24) is 18.9 Å². The van der Waals surface area contributed by atoms with Crippen LogP contribution in [0.25, 0.3) is 111 Å². The third kappa shape index (κ3) is 6.85. The average molecular weight is 949 g/mol. The van der Waals surface area contributed by atoms with Gasteiger partial charge in [0, 0.05) is 34.0 Å². The van der Waals surface area contributed by atoms with Crippen molar-refractivity contribution in [2.24, 2.45) is 0 Å². The number of pyridine rings is 1. The number of fused-ring (bicyclic) bond motifs is 7. The summed E-state index contributed by atoms with van der Waals surface area (Å²) in [6.07, 6.45) is 1.81. The molecule has 10 aromatic carbocycles. The Kier molecular flexibility index (Phi) is 10.1. The summed E-state index contributed by atoms with van der Waals surface area (Å²) in [5.41, 5.74) is 22.9. The van der Waals surface area contributed by atoms with E-state index in [2.05, 4.69) is 265 Å². The molecule has 1 aliphatic rings. The molecule has 0 saturated carbocycles. The van der Waals surface area contributed by atoms with Crippen LogP contribution in [-0.2, 0) is 5.41 Å². The van der Waals surface area contributed by atoms with Gasteiger partial charge in [-0.3, -0.25) is 8.97 Å². The number of rotatable bonds is 8. The zero-order chi connectivity index (χ0) is 49.3. The molecule has 0 aliphatic carbocycles. The van der Waals surface area contributed by atoms with Crippen LogP contribution >= 0.6 is 0 Å². The van der Waals surface area contributed by atoms with E-state index in [1.807, 2.05) is 12.3 Å². The van der Waals surface area contributed by atoms with Crippen LogP contribution in [0.2, 0.25) is 0 Å². The number of para-hydroxylation sites is 5. The summed E-state index contributed by atoms with van der Waals surface area (Å²) in [4.78, 5) is 9.99. The lowest BCUT2D eigenvalue weighted by Crippen LogP contribution is -2.25. The van der Waals surface area contributed by atoms with Gasteiger partial charge in [0.05, 0.1) is 22.1 Å². The van der Waals surface area contributed by atoms with Gasteiger partial charge in [-0.25, -0.2) is 9.97 Å². The molecular weight excluding hydrogens is 901 g/mol. The van der Waals surface area contributed by atoms with Crippen LogP contribution in [0.3, 0.4) is 0 Å². The van der Waals surface area contributed by atoms with Crippen LogP contribution in [0.15, 0.2) is 255 Å². The summed E-state index contributed by atoms with van der Waals surface area (Å²) in [6.45, 7) is 4.52. The fraction of sp³-hybridized carbons (Fsp3) is 0.0435. The molecule has 13 aromatic rings. The van der Waals surface area contributed by atoms with E-state index in [4.69, 9.17) is 14.7 Å². The lowest BCUT2D eigenvalue weighted by molar-refractivity contribution is 0.403. The van der Waals surface area contributed by atoms with Gasteiger partial charge in [-0.1, -0.05) is 220 Å². The Labute approximate surface area is 429 Å². The van der Waals surface area contributed by atoms with Crippen molar-refractivity contribution in [1.29, 1.82) is 0 Å². The second-order valence-electron chi connectivity index (χ2n) is 19.7. The Bertz CT molecular complexity index is 4170. The first-order valence-corrected chi connectivity index (χ1v) is 25.3. The standard InChI is InChI=1S/C69H48N4O/c1-69(2)54-33-20-32-53(66(54)74-67-55(69)34-21-43-70-67)45-39-41-50(42-40-45)64-60(46-22-7-3-8-23-46)62(48-26-11-5-12-27-48)65(63(49-28-13-6-14-29-49)61(64)47-24-9-4-10-25-47)51-30-19-31-52(44-51)72-58-37-17-18-38-59(58)73-57-36-16-15-35-56(57)71-68(72)73/h3-44H,1-2H3. The third-order valence-corrected chi connectivity index (χ3v) is 15.1. The number of ether oxygens (including phenoxy) is 1. The fourth-order valence-electron chi connectivity index (χ4n) is 11.7. The highest BCUT2D eigenvalue weighted by atomic mass is 16.5. The molecule has 0 fully saturated rings. The van der Waals surface area contributed by atoms with Crippen LogP contribution in [0, 0.1) is 0 Å². The summed E-state index contributed by atoms with van der Waals surface area (Å²) in [5, 5.41) is 0. The zero-order valence-corrected chi connectivity index (χ0v) is 40.9. The number of aromatic nitrogens is 4. The Hall–Kier alpha value is -9.58.